The molecule has 1 aliphatic heterocycles. The monoisotopic (exact) mass is 458 g/mol. The number of anilines is 2. The van der Waals surface area contributed by atoms with E-state index >= 15 is 0 Å². The molecule has 1 atom stereocenters. The molecule has 0 radical (unpaired) electrons. The zero-order valence-electron chi connectivity index (χ0n) is 17.5. The van der Waals surface area contributed by atoms with E-state index in [1.807, 2.05) is 24.3 Å². The number of hydrogen-bond acceptors (Lipinski definition) is 8. The lowest BCUT2D eigenvalue weighted by Gasteiger charge is -2.28. The van der Waals surface area contributed by atoms with Gasteiger partial charge in [0, 0.05) is 24.5 Å². The van der Waals surface area contributed by atoms with Crippen LogP contribution in [0.3, 0.4) is 0 Å². The summed E-state index contributed by atoms with van der Waals surface area (Å²) >= 11 is 1.14. The number of ether oxygens (including phenoxy) is 2. The van der Waals surface area contributed by atoms with Crippen LogP contribution in [-0.4, -0.2) is 48.2 Å². The van der Waals surface area contributed by atoms with Crippen molar-refractivity contribution in [2.75, 3.05) is 42.3 Å². The van der Waals surface area contributed by atoms with Crippen molar-refractivity contribution < 1.29 is 23.1 Å². The second kappa shape index (κ2) is 10.5. The topological polar surface area (TPSA) is 89.7 Å². The van der Waals surface area contributed by atoms with Gasteiger partial charge in [0.2, 0.25) is 5.91 Å². The molecule has 8 nitrogen and oxygen atoms in total. The number of rotatable bonds is 8. The van der Waals surface area contributed by atoms with Crippen molar-refractivity contribution in [1.82, 2.24) is 10.2 Å². The summed E-state index contributed by atoms with van der Waals surface area (Å²) in [6.07, 6.45) is -0.513. The molecule has 0 aliphatic carbocycles. The molecule has 1 aliphatic rings. The molecule has 1 N–H and O–H groups in total. The van der Waals surface area contributed by atoms with Gasteiger partial charge < -0.3 is 24.1 Å². The Morgan fingerprint density at radius 2 is 1.88 bits per heavy atom. The molecule has 32 heavy (non-hydrogen) atoms. The van der Waals surface area contributed by atoms with Gasteiger partial charge in [-0.2, -0.15) is 0 Å². The Bertz CT molecular complexity index is 1020. The van der Waals surface area contributed by atoms with Crippen LogP contribution in [0.1, 0.15) is 18.9 Å². The highest BCUT2D eigenvalue weighted by Crippen LogP contribution is 2.24. The Balaban J connectivity index is 1.24. The average molecular weight is 459 g/mol. The van der Waals surface area contributed by atoms with Gasteiger partial charge in [0.25, 0.3) is 11.1 Å². The normalized spacial score (nSPS) is 14.8. The summed E-state index contributed by atoms with van der Waals surface area (Å²) < 4.78 is 29.6. The fourth-order valence-electron chi connectivity index (χ4n) is 3.11. The van der Waals surface area contributed by atoms with Gasteiger partial charge in [-0.15, -0.1) is 10.2 Å². The predicted molar refractivity (Wildman–Crippen MR) is 119 cm³/mol. The van der Waals surface area contributed by atoms with Gasteiger partial charge in [0.15, 0.2) is 6.10 Å². The molecule has 2 heterocycles. The highest BCUT2D eigenvalue weighted by molar-refractivity contribution is 7.99. The molecule has 0 spiro atoms. The molecule has 168 valence electrons. The Hall–Kier alpha value is -3.11. The molecule has 1 aromatic heterocycles. The molecular formula is C22H23FN4O4S. The zero-order chi connectivity index (χ0) is 22.3. The minimum atomic E-state index is -0.513. The molecule has 0 unspecified atom stereocenters. The van der Waals surface area contributed by atoms with Crippen molar-refractivity contribution in [1.29, 1.82) is 0 Å². The molecule has 4 rings (SSSR count). The van der Waals surface area contributed by atoms with E-state index in [1.54, 1.807) is 6.92 Å². The second-order valence-corrected chi connectivity index (χ2v) is 8.03. The maximum Gasteiger partial charge on any atom is 0.277 e. The van der Waals surface area contributed by atoms with E-state index in [9.17, 15) is 9.18 Å². The third-order valence-corrected chi connectivity index (χ3v) is 5.57. The first-order chi connectivity index (χ1) is 15.6. The Morgan fingerprint density at radius 3 is 2.59 bits per heavy atom. The number of halogens is 1. The molecule has 1 fully saturated rings. The molecule has 2 aromatic carbocycles. The first-order valence-electron chi connectivity index (χ1n) is 10.2. The Kier molecular flexibility index (Phi) is 7.23. The van der Waals surface area contributed by atoms with Crippen LogP contribution in [0.15, 0.2) is 58.2 Å². The van der Waals surface area contributed by atoms with Gasteiger partial charge in [-0.25, -0.2) is 4.39 Å². The van der Waals surface area contributed by atoms with Crippen LogP contribution in [0.4, 0.5) is 15.8 Å². The molecular weight excluding hydrogens is 435 g/mol. The van der Waals surface area contributed by atoms with Crippen LogP contribution < -0.4 is 15.0 Å². The lowest BCUT2D eigenvalue weighted by Crippen LogP contribution is -2.36. The van der Waals surface area contributed by atoms with E-state index in [0.717, 1.165) is 49.4 Å². The quantitative estimate of drug-likeness (QED) is 0.508. The maximum absolute atomic E-state index is 13.0. The molecule has 0 saturated carbocycles. The lowest BCUT2D eigenvalue weighted by molar-refractivity contribution is -0.113. The van der Waals surface area contributed by atoms with Gasteiger partial charge in [-0.1, -0.05) is 11.8 Å². The molecule has 1 saturated heterocycles. The number of carbonyl (C=O) groups is 1. The number of hydrogen-bond donors (Lipinski definition) is 1. The van der Waals surface area contributed by atoms with Gasteiger partial charge in [0.05, 0.1) is 19.0 Å². The second-order valence-electron chi connectivity index (χ2n) is 7.10. The number of aromatic nitrogens is 2. The predicted octanol–water partition coefficient (Wildman–Crippen LogP) is 3.92. The number of benzene rings is 2. The van der Waals surface area contributed by atoms with Crippen molar-refractivity contribution in [2.24, 2.45) is 0 Å². The average Bonchev–Trinajstić information content (AvgIpc) is 3.30. The molecule has 3 aromatic rings. The zero-order valence-corrected chi connectivity index (χ0v) is 18.3. The van der Waals surface area contributed by atoms with E-state index in [4.69, 9.17) is 13.9 Å². The first-order valence-corrected chi connectivity index (χ1v) is 11.2. The summed E-state index contributed by atoms with van der Waals surface area (Å²) in [6.45, 7) is 4.93. The summed E-state index contributed by atoms with van der Waals surface area (Å²) in [4.78, 5) is 14.5. The molecule has 10 heteroatoms. The highest BCUT2D eigenvalue weighted by Gasteiger charge is 2.17. The first kappa shape index (κ1) is 22.1. The van der Waals surface area contributed by atoms with Crippen LogP contribution in [0, 0.1) is 5.82 Å². The minimum absolute atomic E-state index is 0.125. The van der Waals surface area contributed by atoms with E-state index in [0.29, 0.717) is 5.75 Å². The van der Waals surface area contributed by atoms with Gasteiger partial charge in [0.1, 0.15) is 11.6 Å². The van der Waals surface area contributed by atoms with Gasteiger partial charge in [-0.05, 0) is 55.5 Å². The number of nitrogens with zero attached hydrogens (tertiary/aromatic N) is 3. The van der Waals surface area contributed by atoms with Crippen LogP contribution in [-0.2, 0) is 9.53 Å². The number of carbonyl (C=O) groups excluding carboxylic acids is 1. The lowest BCUT2D eigenvalue weighted by atomic mass is 10.2. The van der Waals surface area contributed by atoms with E-state index in [2.05, 4.69) is 20.4 Å². The summed E-state index contributed by atoms with van der Waals surface area (Å²) in [5.41, 5.74) is 1.83. The van der Waals surface area contributed by atoms with Crippen LogP contribution in [0.25, 0.3) is 0 Å². The third-order valence-electron chi connectivity index (χ3n) is 4.75. The smallest absolute Gasteiger partial charge is 0.277 e. The van der Waals surface area contributed by atoms with Crippen LogP contribution in [0.2, 0.25) is 0 Å². The van der Waals surface area contributed by atoms with E-state index in [-0.39, 0.29) is 28.6 Å². The fourth-order valence-corrected chi connectivity index (χ4v) is 3.68. The van der Waals surface area contributed by atoms with Crippen molar-refractivity contribution in [2.45, 2.75) is 18.3 Å². The standard InChI is InChI=1S/C22H23FN4O4S/c1-15(30-19-8-2-16(23)3-9-19)21-25-26-22(31-21)32-14-20(28)24-17-4-6-18(7-5-17)27-10-12-29-13-11-27/h2-9,15H,10-14H2,1H3,(H,24,28)/t15-/m1/s1. The highest BCUT2D eigenvalue weighted by atomic mass is 32.2. The molecule has 1 amide bonds. The maximum atomic E-state index is 13.0. The number of amides is 1. The summed E-state index contributed by atoms with van der Waals surface area (Å²) in [7, 11) is 0. The van der Waals surface area contributed by atoms with Crippen molar-refractivity contribution >= 4 is 29.0 Å². The van der Waals surface area contributed by atoms with Crippen molar-refractivity contribution in [3.05, 3.63) is 60.2 Å². The minimum Gasteiger partial charge on any atom is -0.481 e. The van der Waals surface area contributed by atoms with Crippen molar-refractivity contribution in [3.63, 3.8) is 0 Å². The van der Waals surface area contributed by atoms with E-state index < -0.39 is 6.10 Å². The number of thioether (sulfide) groups is 1. The number of morpholine rings is 1. The Labute approximate surface area is 189 Å². The van der Waals surface area contributed by atoms with E-state index in [1.165, 1.54) is 24.3 Å². The summed E-state index contributed by atoms with van der Waals surface area (Å²) in [6, 6.07) is 13.4. The van der Waals surface area contributed by atoms with Crippen LogP contribution >= 0.6 is 11.8 Å². The van der Waals surface area contributed by atoms with Crippen molar-refractivity contribution in [3.8, 4) is 5.75 Å². The third kappa shape index (κ3) is 5.98. The van der Waals surface area contributed by atoms with Gasteiger partial charge in [-0.3, -0.25) is 4.79 Å². The van der Waals surface area contributed by atoms with Gasteiger partial charge >= 0.3 is 0 Å². The fraction of sp³-hybridized carbons (Fsp3) is 0.318. The largest absolute Gasteiger partial charge is 0.481 e. The summed E-state index contributed by atoms with van der Waals surface area (Å²) in [5, 5.41) is 11.0. The van der Waals surface area contributed by atoms with Crippen LogP contribution in [0.5, 0.6) is 5.75 Å². The number of nitrogens with one attached hydrogen (secondary N) is 1. The summed E-state index contributed by atoms with van der Waals surface area (Å²) in [5.74, 6) is 0.374. The molecule has 0 bridgehead atoms. The SMILES string of the molecule is C[C@@H](Oc1ccc(F)cc1)c1nnc(SCC(=O)Nc2ccc(N3CCOCC3)cc2)o1. The Morgan fingerprint density at radius 1 is 1.16 bits per heavy atom.